The van der Waals surface area contributed by atoms with E-state index in [9.17, 15) is 0 Å². The molecule has 0 aromatic carbocycles. The van der Waals surface area contributed by atoms with Crippen LogP contribution in [0.25, 0.3) is 0 Å². The van der Waals surface area contributed by atoms with Crippen molar-refractivity contribution in [3.8, 4) is 0 Å². The highest BCUT2D eigenvalue weighted by Gasteiger charge is 2.17. The van der Waals surface area contributed by atoms with Crippen molar-refractivity contribution in [2.24, 2.45) is 5.73 Å². The minimum absolute atomic E-state index is 0.212. The third kappa shape index (κ3) is 2.16. The second-order valence-electron chi connectivity index (χ2n) is 2.47. The Bertz CT molecular complexity index is 151. The minimum Gasteiger partial charge on any atom is -0.394 e. The molecule has 0 saturated carbocycles. The van der Waals surface area contributed by atoms with Gasteiger partial charge in [0.2, 0.25) is 0 Å². The first-order chi connectivity index (χ1) is 5.24. The lowest BCUT2D eigenvalue weighted by molar-refractivity contribution is 0.0431. The van der Waals surface area contributed by atoms with Crippen LogP contribution in [-0.2, 0) is 0 Å². The smallest absolute Gasteiger partial charge is 0.0960 e. The van der Waals surface area contributed by atoms with Gasteiger partial charge < -0.3 is 21.4 Å². The molecule has 11 heavy (non-hydrogen) atoms. The van der Waals surface area contributed by atoms with Crippen LogP contribution in [0.15, 0.2) is 12.3 Å². The Morgan fingerprint density at radius 1 is 1.73 bits per heavy atom. The Balaban J connectivity index is 2.27. The Morgan fingerprint density at radius 3 is 2.91 bits per heavy atom. The van der Waals surface area contributed by atoms with Crippen molar-refractivity contribution in [3.63, 3.8) is 0 Å². The average Bonchev–Trinajstić information content (AvgIpc) is 2.37. The zero-order chi connectivity index (χ0) is 8.27. The average molecular weight is 159 g/mol. The number of aliphatic hydroxyl groups is 2. The van der Waals surface area contributed by atoms with Gasteiger partial charge in [0.05, 0.1) is 18.9 Å². The molecule has 5 heteroatoms. The number of nitrogens with two attached hydrogens (primary N) is 1. The molecular weight excluding hydrogens is 146 g/mol. The summed E-state index contributed by atoms with van der Waals surface area (Å²) in [5, 5.41) is 19.2. The van der Waals surface area contributed by atoms with Gasteiger partial charge in [-0.15, -0.1) is 0 Å². The zero-order valence-corrected chi connectivity index (χ0v) is 6.14. The fourth-order valence-electron chi connectivity index (χ4n) is 0.887. The summed E-state index contributed by atoms with van der Waals surface area (Å²) in [6, 6.07) is 0. The van der Waals surface area contributed by atoms with E-state index in [1.54, 1.807) is 17.3 Å². The highest BCUT2D eigenvalue weighted by molar-refractivity contribution is 4.95. The molecule has 0 aromatic rings. The van der Waals surface area contributed by atoms with Gasteiger partial charge in [0.25, 0.3) is 0 Å². The number of β-amino-alcohol motifs (C(OH)–C–C–N with tert-alkyl or cyclic N) is 1. The highest BCUT2D eigenvalue weighted by atomic mass is 16.3. The molecule has 1 aliphatic heterocycles. The zero-order valence-electron chi connectivity index (χ0n) is 6.14. The second kappa shape index (κ2) is 3.68. The van der Waals surface area contributed by atoms with Crippen LogP contribution in [0.4, 0.5) is 0 Å². The summed E-state index contributed by atoms with van der Waals surface area (Å²) < 4.78 is 0. The number of hydrogen-bond acceptors (Lipinski definition) is 5. The highest BCUT2D eigenvalue weighted by Crippen LogP contribution is 1.99. The van der Waals surface area contributed by atoms with Gasteiger partial charge in [-0.3, -0.25) is 0 Å². The SMILES string of the molecule is NC1C=CNN1C[C@@H](O)CO. The fraction of sp³-hybridized carbons (Fsp3) is 0.667. The van der Waals surface area contributed by atoms with Crippen molar-refractivity contribution in [3.05, 3.63) is 12.3 Å². The summed E-state index contributed by atoms with van der Waals surface area (Å²) in [5.41, 5.74) is 8.39. The maximum Gasteiger partial charge on any atom is 0.0960 e. The maximum absolute atomic E-state index is 9.02. The fourth-order valence-corrected chi connectivity index (χ4v) is 0.887. The van der Waals surface area contributed by atoms with Gasteiger partial charge in [-0.2, -0.15) is 0 Å². The van der Waals surface area contributed by atoms with Crippen molar-refractivity contribution >= 4 is 0 Å². The van der Waals surface area contributed by atoms with E-state index >= 15 is 0 Å². The van der Waals surface area contributed by atoms with Crippen LogP contribution >= 0.6 is 0 Å². The first kappa shape index (κ1) is 8.48. The standard InChI is InChI=1S/C6H13N3O2/c7-6-1-2-8-9(6)3-5(11)4-10/h1-2,5-6,8,10-11H,3-4,7H2/t5-,6?/m1/s1. The molecule has 0 saturated heterocycles. The minimum atomic E-state index is -0.742. The molecule has 5 N–H and O–H groups in total. The van der Waals surface area contributed by atoms with Gasteiger partial charge in [-0.1, -0.05) is 0 Å². The molecule has 1 aliphatic rings. The van der Waals surface area contributed by atoms with Crippen LogP contribution in [0.2, 0.25) is 0 Å². The predicted octanol–water partition coefficient (Wildman–Crippen LogP) is -2.04. The Kier molecular flexibility index (Phi) is 2.84. The molecule has 0 bridgehead atoms. The molecule has 0 radical (unpaired) electrons. The van der Waals surface area contributed by atoms with Crippen molar-refractivity contribution in [2.45, 2.75) is 12.3 Å². The number of nitrogens with zero attached hydrogens (tertiary/aromatic N) is 1. The quantitative estimate of drug-likeness (QED) is 0.381. The van der Waals surface area contributed by atoms with E-state index < -0.39 is 6.10 Å². The molecular formula is C6H13N3O2. The summed E-state index contributed by atoms with van der Waals surface area (Å²) in [6.07, 6.45) is 2.52. The molecule has 1 unspecified atom stereocenters. The van der Waals surface area contributed by atoms with E-state index in [0.717, 1.165) is 0 Å². The van der Waals surface area contributed by atoms with E-state index in [1.807, 2.05) is 0 Å². The van der Waals surface area contributed by atoms with E-state index in [0.29, 0.717) is 6.54 Å². The lowest BCUT2D eigenvalue weighted by Gasteiger charge is -2.22. The molecule has 0 amide bonds. The molecule has 1 heterocycles. The van der Waals surface area contributed by atoms with Crippen LogP contribution in [-0.4, -0.2) is 40.6 Å². The van der Waals surface area contributed by atoms with Crippen LogP contribution < -0.4 is 11.2 Å². The van der Waals surface area contributed by atoms with Crippen LogP contribution in [0.1, 0.15) is 0 Å². The van der Waals surface area contributed by atoms with Gasteiger partial charge >= 0.3 is 0 Å². The van der Waals surface area contributed by atoms with Gasteiger partial charge in [-0.25, -0.2) is 5.01 Å². The van der Waals surface area contributed by atoms with Gasteiger partial charge in [-0.05, 0) is 6.08 Å². The number of hydrogen-bond donors (Lipinski definition) is 4. The third-order valence-corrected chi connectivity index (χ3v) is 1.51. The summed E-state index contributed by atoms with van der Waals surface area (Å²) in [6.45, 7) is 0.0789. The van der Waals surface area contributed by atoms with Gasteiger partial charge in [0.15, 0.2) is 0 Å². The first-order valence-corrected chi connectivity index (χ1v) is 3.48. The topological polar surface area (TPSA) is 81.8 Å². The maximum atomic E-state index is 9.02. The molecule has 0 aromatic heterocycles. The Morgan fingerprint density at radius 2 is 2.45 bits per heavy atom. The number of aliphatic hydroxyl groups excluding tert-OH is 2. The van der Waals surface area contributed by atoms with Gasteiger partial charge in [0.1, 0.15) is 0 Å². The molecule has 0 fully saturated rings. The largest absolute Gasteiger partial charge is 0.394 e. The Hall–Kier alpha value is -0.620. The summed E-state index contributed by atoms with van der Waals surface area (Å²) in [4.78, 5) is 0. The molecule has 0 aliphatic carbocycles. The predicted molar refractivity (Wildman–Crippen MR) is 40.0 cm³/mol. The monoisotopic (exact) mass is 159 g/mol. The summed E-state index contributed by atoms with van der Waals surface area (Å²) in [5.74, 6) is 0. The lowest BCUT2D eigenvalue weighted by Crippen LogP contribution is -2.47. The van der Waals surface area contributed by atoms with Crippen molar-refractivity contribution in [2.75, 3.05) is 13.2 Å². The normalized spacial score (nSPS) is 27.0. The van der Waals surface area contributed by atoms with Crippen LogP contribution in [0.3, 0.4) is 0 Å². The number of nitrogens with one attached hydrogen (secondary N) is 1. The summed E-state index contributed by atoms with van der Waals surface area (Å²) in [7, 11) is 0. The van der Waals surface area contributed by atoms with Crippen molar-refractivity contribution in [1.29, 1.82) is 0 Å². The van der Waals surface area contributed by atoms with Crippen LogP contribution in [0, 0.1) is 0 Å². The molecule has 5 nitrogen and oxygen atoms in total. The number of rotatable bonds is 3. The van der Waals surface area contributed by atoms with E-state index in [-0.39, 0.29) is 12.8 Å². The van der Waals surface area contributed by atoms with E-state index in [2.05, 4.69) is 5.43 Å². The van der Waals surface area contributed by atoms with Crippen molar-refractivity contribution < 1.29 is 10.2 Å². The van der Waals surface area contributed by atoms with Gasteiger partial charge in [0, 0.05) is 12.7 Å². The molecule has 0 spiro atoms. The lowest BCUT2D eigenvalue weighted by atomic mass is 10.3. The molecule has 2 atom stereocenters. The summed E-state index contributed by atoms with van der Waals surface area (Å²) >= 11 is 0. The Labute approximate surface area is 65.1 Å². The third-order valence-electron chi connectivity index (χ3n) is 1.51. The molecule has 64 valence electrons. The van der Waals surface area contributed by atoms with E-state index in [1.165, 1.54) is 0 Å². The second-order valence-corrected chi connectivity index (χ2v) is 2.47. The van der Waals surface area contributed by atoms with Crippen LogP contribution in [0.5, 0.6) is 0 Å². The molecule has 1 rings (SSSR count). The van der Waals surface area contributed by atoms with E-state index in [4.69, 9.17) is 15.9 Å². The number of hydrazine groups is 1. The van der Waals surface area contributed by atoms with Crippen molar-refractivity contribution in [1.82, 2.24) is 10.4 Å². The first-order valence-electron chi connectivity index (χ1n) is 3.48.